The van der Waals surface area contributed by atoms with Crippen LogP contribution in [0.3, 0.4) is 0 Å². The molecule has 0 aliphatic carbocycles. The molecule has 8 nitrogen and oxygen atoms in total. The van der Waals surface area contributed by atoms with Crippen molar-refractivity contribution in [3.05, 3.63) is 92.4 Å². The molecule has 1 unspecified atom stereocenters. The largest absolute Gasteiger partial charge is 0.507 e. The molecule has 1 N–H and O–H groups in total. The number of anilines is 1. The molecule has 2 heterocycles. The van der Waals surface area contributed by atoms with Gasteiger partial charge < -0.3 is 14.6 Å². The number of hydrogen-bond acceptors (Lipinski definition) is 8. The van der Waals surface area contributed by atoms with Crippen molar-refractivity contribution < 1.29 is 29.0 Å². The quantitative estimate of drug-likeness (QED) is 0.0673. The van der Waals surface area contributed by atoms with E-state index in [4.69, 9.17) is 32.7 Å². The number of halogens is 2. The average molecular weight is 602 g/mol. The minimum atomic E-state index is -1.11. The van der Waals surface area contributed by atoms with Crippen LogP contribution in [-0.2, 0) is 14.3 Å². The topological polar surface area (TPSA) is 106 Å². The van der Waals surface area contributed by atoms with E-state index in [0.717, 1.165) is 29.1 Å². The van der Waals surface area contributed by atoms with Crippen molar-refractivity contribution in [3.8, 4) is 5.75 Å². The van der Waals surface area contributed by atoms with E-state index >= 15 is 0 Å². The number of ketones is 1. The van der Waals surface area contributed by atoms with Gasteiger partial charge in [0.15, 0.2) is 5.13 Å². The number of nitrogens with zero attached hydrogens (tertiary/aromatic N) is 2. The van der Waals surface area contributed by atoms with Gasteiger partial charge >= 0.3 is 11.9 Å². The fourth-order valence-corrected chi connectivity index (χ4v) is 5.42. The summed E-state index contributed by atoms with van der Waals surface area (Å²) in [6, 6.07) is 10.2. The molecule has 40 heavy (non-hydrogen) atoms. The molecule has 1 aromatic heterocycles. The maximum Gasteiger partial charge on any atom is 0.350 e. The van der Waals surface area contributed by atoms with Gasteiger partial charge in [0.1, 0.15) is 23.0 Å². The zero-order valence-corrected chi connectivity index (χ0v) is 24.1. The summed E-state index contributed by atoms with van der Waals surface area (Å²) in [6.45, 7) is 7.67. The number of carbonyl (C=O) groups is 3. The summed E-state index contributed by atoms with van der Waals surface area (Å²) in [5.74, 6) is -2.36. The third-order valence-corrected chi connectivity index (χ3v) is 7.96. The fourth-order valence-electron chi connectivity index (χ4n) is 4.13. The molecular formula is C29H26Cl2N2O6S. The number of aliphatic hydroxyl groups is 1. The number of hydrogen-bond donors (Lipinski definition) is 1. The monoisotopic (exact) mass is 600 g/mol. The number of amides is 1. The van der Waals surface area contributed by atoms with Crippen molar-refractivity contribution in [3.63, 3.8) is 0 Å². The summed E-state index contributed by atoms with van der Waals surface area (Å²) in [6.07, 6.45) is 3.24. The zero-order chi connectivity index (χ0) is 29.0. The number of carbonyl (C=O) groups excluding carboxylic acids is 3. The average Bonchev–Trinajstić information content (AvgIpc) is 3.45. The maximum atomic E-state index is 13.5. The van der Waals surface area contributed by atoms with Crippen molar-refractivity contribution in [2.24, 2.45) is 0 Å². The van der Waals surface area contributed by atoms with Crippen molar-refractivity contribution >= 4 is 63.1 Å². The van der Waals surface area contributed by atoms with Gasteiger partial charge in [0.05, 0.1) is 34.0 Å². The fraction of sp³-hybridized carbons (Fsp3) is 0.241. The van der Waals surface area contributed by atoms with Gasteiger partial charge in [0, 0.05) is 5.56 Å². The molecule has 0 radical (unpaired) electrons. The van der Waals surface area contributed by atoms with Crippen LogP contribution in [0.15, 0.2) is 60.7 Å². The predicted molar refractivity (Wildman–Crippen MR) is 155 cm³/mol. The SMILES string of the molecule is C=CCOC(=O)c1sc(N2C(=O)C(=O)/C(=C(/O)c3cccc(OCCCC)c3)C2c2ccc(Cl)c(Cl)c2)nc1C. The second-order valence-corrected chi connectivity index (χ2v) is 10.7. The first-order chi connectivity index (χ1) is 19.2. The van der Waals surface area contributed by atoms with Gasteiger partial charge in [0.25, 0.3) is 5.78 Å². The highest BCUT2D eigenvalue weighted by Crippen LogP contribution is 2.45. The van der Waals surface area contributed by atoms with E-state index in [1.54, 1.807) is 37.3 Å². The lowest BCUT2D eigenvalue weighted by atomic mass is 9.95. The molecule has 208 valence electrons. The van der Waals surface area contributed by atoms with Crippen LogP contribution < -0.4 is 9.64 Å². The second-order valence-electron chi connectivity index (χ2n) is 8.87. The summed E-state index contributed by atoms with van der Waals surface area (Å²) in [7, 11) is 0. The second kappa shape index (κ2) is 12.7. The summed E-state index contributed by atoms with van der Waals surface area (Å²) in [4.78, 5) is 45.2. The molecule has 1 saturated heterocycles. The van der Waals surface area contributed by atoms with Crippen molar-refractivity contribution in [2.75, 3.05) is 18.1 Å². The molecule has 3 aromatic rings. The first-order valence-corrected chi connectivity index (χ1v) is 14.0. The van der Waals surface area contributed by atoms with Crippen LogP contribution in [0.5, 0.6) is 5.75 Å². The maximum absolute atomic E-state index is 13.5. The number of thiazole rings is 1. The van der Waals surface area contributed by atoms with Crippen LogP contribution in [-0.4, -0.2) is 41.0 Å². The van der Waals surface area contributed by atoms with Gasteiger partial charge in [0.2, 0.25) is 0 Å². The van der Waals surface area contributed by atoms with Crippen molar-refractivity contribution in [1.29, 1.82) is 0 Å². The summed E-state index contributed by atoms with van der Waals surface area (Å²) < 4.78 is 10.9. The Hall–Kier alpha value is -3.66. The number of esters is 1. The number of ether oxygens (including phenoxy) is 2. The normalized spacial score (nSPS) is 16.3. The van der Waals surface area contributed by atoms with E-state index in [9.17, 15) is 19.5 Å². The molecule has 0 saturated carbocycles. The number of aromatic nitrogens is 1. The van der Waals surface area contributed by atoms with Crippen LogP contribution >= 0.6 is 34.5 Å². The van der Waals surface area contributed by atoms with Crippen LogP contribution in [0.25, 0.3) is 5.76 Å². The Morgan fingerprint density at radius 1 is 1.20 bits per heavy atom. The predicted octanol–water partition coefficient (Wildman–Crippen LogP) is 6.91. The lowest BCUT2D eigenvalue weighted by Gasteiger charge is -2.23. The highest BCUT2D eigenvalue weighted by Gasteiger charge is 2.48. The Morgan fingerprint density at radius 3 is 2.67 bits per heavy atom. The lowest BCUT2D eigenvalue weighted by molar-refractivity contribution is -0.132. The van der Waals surface area contributed by atoms with Gasteiger partial charge in [-0.25, -0.2) is 9.78 Å². The number of aliphatic hydroxyl groups excluding tert-OH is 1. The molecule has 0 bridgehead atoms. The minimum absolute atomic E-state index is 0.000513. The molecule has 1 aliphatic rings. The van der Waals surface area contributed by atoms with Gasteiger partial charge in [-0.2, -0.15) is 0 Å². The Bertz CT molecular complexity index is 1520. The number of Topliss-reactive ketones (excluding diaryl/α,β-unsaturated/α-hetero) is 1. The van der Waals surface area contributed by atoms with Gasteiger partial charge in [-0.3, -0.25) is 14.5 Å². The van der Waals surface area contributed by atoms with Gasteiger partial charge in [-0.1, -0.05) is 78.7 Å². The molecule has 1 fully saturated rings. The summed E-state index contributed by atoms with van der Waals surface area (Å²) >= 11 is 13.3. The van der Waals surface area contributed by atoms with E-state index < -0.39 is 29.5 Å². The summed E-state index contributed by atoms with van der Waals surface area (Å²) in [5.41, 5.74) is 0.855. The number of unbranched alkanes of at least 4 members (excludes halogenated alkanes) is 1. The molecule has 1 amide bonds. The van der Waals surface area contributed by atoms with Crippen molar-refractivity contribution in [1.82, 2.24) is 4.98 Å². The molecule has 1 aliphatic heterocycles. The van der Waals surface area contributed by atoms with E-state index in [-0.39, 0.29) is 32.2 Å². The van der Waals surface area contributed by atoms with E-state index in [1.807, 2.05) is 6.92 Å². The number of benzene rings is 2. The molecule has 1 atom stereocenters. The van der Waals surface area contributed by atoms with Crippen molar-refractivity contribution in [2.45, 2.75) is 32.7 Å². The first kappa shape index (κ1) is 29.3. The Labute approximate surface area is 245 Å². The van der Waals surface area contributed by atoms with Crippen LogP contribution in [0.4, 0.5) is 5.13 Å². The molecule has 11 heteroatoms. The van der Waals surface area contributed by atoms with Gasteiger partial charge in [-0.15, -0.1) is 0 Å². The van der Waals surface area contributed by atoms with Crippen LogP contribution in [0.1, 0.15) is 52.3 Å². The van der Waals surface area contributed by atoms with E-state index in [0.29, 0.717) is 29.2 Å². The third kappa shape index (κ3) is 5.91. The molecule has 4 rings (SSSR count). The third-order valence-electron chi connectivity index (χ3n) is 6.09. The molecule has 2 aromatic carbocycles. The number of rotatable bonds is 10. The smallest absolute Gasteiger partial charge is 0.350 e. The number of aryl methyl sites for hydroxylation is 1. The van der Waals surface area contributed by atoms with Crippen LogP contribution in [0, 0.1) is 6.92 Å². The Morgan fingerprint density at radius 2 is 1.98 bits per heavy atom. The standard InChI is InChI=1S/C29H26Cl2N2O6S/c1-4-6-13-38-19-9-7-8-18(14-19)24(34)22-23(17-10-11-20(30)21(31)15-17)33(27(36)25(22)35)29-32-16(3)26(40-29)28(37)39-12-5-2/h5,7-11,14-15,23,34H,2,4,6,12-13H2,1,3H3/b24-22+. The molecular weight excluding hydrogens is 575 g/mol. The Balaban J connectivity index is 1.85. The van der Waals surface area contributed by atoms with Gasteiger partial charge in [-0.05, 0) is 43.2 Å². The zero-order valence-electron chi connectivity index (χ0n) is 21.8. The molecule has 0 spiro atoms. The van der Waals surface area contributed by atoms with E-state index in [2.05, 4.69) is 11.6 Å². The first-order valence-electron chi connectivity index (χ1n) is 12.4. The Kier molecular flexibility index (Phi) is 9.29. The van der Waals surface area contributed by atoms with E-state index in [1.165, 1.54) is 18.2 Å². The highest BCUT2D eigenvalue weighted by molar-refractivity contribution is 7.17. The van der Waals surface area contributed by atoms with Crippen LogP contribution in [0.2, 0.25) is 10.0 Å². The minimum Gasteiger partial charge on any atom is -0.507 e. The highest BCUT2D eigenvalue weighted by atomic mass is 35.5. The summed E-state index contributed by atoms with van der Waals surface area (Å²) in [5, 5.41) is 12.0. The lowest BCUT2D eigenvalue weighted by Crippen LogP contribution is -2.29.